The van der Waals surface area contributed by atoms with Crippen molar-refractivity contribution in [1.82, 2.24) is 15.2 Å². The molecule has 41 heavy (non-hydrogen) atoms. The molecule has 0 aromatic heterocycles. The molecular formula is C30H35BrN6O4. The molecule has 1 saturated carbocycles. The number of benzene rings is 2. The first-order chi connectivity index (χ1) is 19.9. The number of piperidine rings is 1. The van der Waals surface area contributed by atoms with E-state index in [2.05, 4.69) is 44.6 Å². The molecule has 1 aliphatic carbocycles. The van der Waals surface area contributed by atoms with Gasteiger partial charge in [-0.25, -0.2) is 5.43 Å². The number of aromatic hydroxyl groups is 1. The smallest absolute Gasteiger partial charge is 0.256 e. The molecule has 2 amide bonds. The summed E-state index contributed by atoms with van der Waals surface area (Å²) in [5, 5.41) is 19.8. The molecule has 0 bridgehead atoms. The fourth-order valence-electron chi connectivity index (χ4n) is 7.15. The topological polar surface area (TPSA) is 109 Å². The van der Waals surface area contributed by atoms with Crippen LogP contribution in [-0.4, -0.2) is 77.9 Å². The molecule has 0 spiro atoms. The minimum atomic E-state index is -0.372. The van der Waals surface area contributed by atoms with Crippen molar-refractivity contribution in [2.45, 2.75) is 49.9 Å². The number of halogens is 1. The number of nitrogens with one attached hydrogen (secondary N) is 3. The van der Waals surface area contributed by atoms with Gasteiger partial charge in [0, 0.05) is 30.0 Å². The SMILES string of the molecule is C=CC(=O)N1CCOC2NN(c3ccc(C4CCC4)cc3O)C3CCN(C(=O)c4ccc(Br)c5c4NCN5)C(C1)C23. The van der Waals surface area contributed by atoms with Crippen LogP contribution in [0.3, 0.4) is 0 Å². The molecule has 7 rings (SSSR count). The van der Waals surface area contributed by atoms with Crippen LogP contribution in [0.1, 0.15) is 47.5 Å². The maximum absolute atomic E-state index is 14.2. The number of phenols is 1. The van der Waals surface area contributed by atoms with Gasteiger partial charge in [-0.1, -0.05) is 19.1 Å². The van der Waals surface area contributed by atoms with Gasteiger partial charge < -0.3 is 30.3 Å². The van der Waals surface area contributed by atoms with Gasteiger partial charge in [0.25, 0.3) is 5.91 Å². The average Bonchev–Trinajstić information content (AvgIpc) is 3.56. The molecule has 4 heterocycles. The standard InChI is InChI=1S/C30H35BrN6O4/c1-2-25(39)35-12-13-41-29-26-22(37(34-29)21-9-6-18(14-24(21)38)17-4-3-5-17)10-11-36(23(26)15-35)30(40)19-7-8-20(31)28-27(19)32-16-33-28/h2,6-9,14,17,22-23,26,29,32-34,38H,1,3-5,10-13,15-16H2. The molecule has 10 nitrogen and oxygen atoms in total. The molecule has 11 heteroatoms. The molecule has 4 unspecified atom stereocenters. The number of amides is 2. The summed E-state index contributed by atoms with van der Waals surface area (Å²) in [7, 11) is 0. The van der Waals surface area contributed by atoms with Gasteiger partial charge in [0.1, 0.15) is 12.0 Å². The lowest BCUT2D eigenvalue weighted by molar-refractivity contribution is -0.132. The van der Waals surface area contributed by atoms with Crippen molar-refractivity contribution in [2.24, 2.45) is 5.92 Å². The number of nitrogens with zero attached hydrogens (tertiary/aromatic N) is 3. The number of ether oxygens (including phenoxy) is 1. The summed E-state index contributed by atoms with van der Waals surface area (Å²) in [6.45, 7) is 5.89. The minimum Gasteiger partial charge on any atom is -0.506 e. The second kappa shape index (κ2) is 10.5. The number of hydrogen-bond donors (Lipinski definition) is 4. The Morgan fingerprint density at radius 2 is 1.90 bits per heavy atom. The number of hydrogen-bond acceptors (Lipinski definition) is 8. The summed E-state index contributed by atoms with van der Waals surface area (Å²) in [6, 6.07) is 9.42. The molecule has 2 aromatic carbocycles. The highest BCUT2D eigenvalue weighted by atomic mass is 79.9. The Morgan fingerprint density at radius 1 is 1.07 bits per heavy atom. The second-order valence-corrected chi connectivity index (χ2v) is 12.4. The summed E-state index contributed by atoms with van der Waals surface area (Å²) in [5.74, 6) is 0.386. The van der Waals surface area contributed by atoms with Crippen LogP contribution in [0.25, 0.3) is 0 Å². The minimum absolute atomic E-state index is 0.0382. The molecule has 3 saturated heterocycles. The highest BCUT2D eigenvalue weighted by molar-refractivity contribution is 9.10. The van der Waals surface area contributed by atoms with Crippen LogP contribution in [0.15, 0.2) is 47.5 Å². The Morgan fingerprint density at radius 3 is 2.66 bits per heavy atom. The van der Waals surface area contributed by atoms with Crippen molar-refractivity contribution in [1.29, 1.82) is 0 Å². The molecule has 4 fully saturated rings. The van der Waals surface area contributed by atoms with E-state index in [1.165, 1.54) is 30.9 Å². The van der Waals surface area contributed by atoms with Crippen molar-refractivity contribution in [3.63, 3.8) is 0 Å². The summed E-state index contributed by atoms with van der Waals surface area (Å²) in [5.41, 5.74) is 7.69. The third-order valence-corrected chi connectivity index (χ3v) is 10.1. The summed E-state index contributed by atoms with van der Waals surface area (Å²) in [6.07, 6.45) is 5.21. The molecule has 4 atom stereocenters. The van der Waals surface area contributed by atoms with E-state index in [9.17, 15) is 14.7 Å². The van der Waals surface area contributed by atoms with Crippen LogP contribution in [-0.2, 0) is 9.53 Å². The fourth-order valence-corrected chi connectivity index (χ4v) is 7.62. The molecule has 5 aliphatic rings. The van der Waals surface area contributed by atoms with E-state index in [0.717, 1.165) is 15.8 Å². The third kappa shape index (κ3) is 4.45. The number of carbonyl (C=O) groups excluding carboxylic acids is 2. The van der Waals surface area contributed by atoms with E-state index >= 15 is 0 Å². The second-order valence-electron chi connectivity index (χ2n) is 11.5. The van der Waals surface area contributed by atoms with Crippen molar-refractivity contribution in [2.75, 3.05) is 48.6 Å². The Kier molecular flexibility index (Phi) is 6.83. The Labute approximate surface area is 247 Å². The summed E-state index contributed by atoms with van der Waals surface area (Å²) in [4.78, 5) is 30.7. The number of hydrazine groups is 1. The molecule has 216 valence electrons. The number of likely N-dealkylation sites (tertiary alicyclic amines) is 1. The van der Waals surface area contributed by atoms with Crippen molar-refractivity contribution in [3.8, 4) is 5.75 Å². The van der Waals surface area contributed by atoms with Crippen molar-refractivity contribution < 1.29 is 19.4 Å². The first-order valence-corrected chi connectivity index (χ1v) is 15.3. The quantitative estimate of drug-likeness (QED) is 0.381. The summed E-state index contributed by atoms with van der Waals surface area (Å²) < 4.78 is 7.24. The number of fused-ring (bicyclic) bond motifs is 1. The number of carbonyl (C=O) groups is 2. The monoisotopic (exact) mass is 622 g/mol. The highest BCUT2D eigenvalue weighted by Crippen LogP contribution is 2.45. The van der Waals surface area contributed by atoms with E-state index in [0.29, 0.717) is 56.5 Å². The normalized spacial score (nSPS) is 27.1. The lowest BCUT2D eigenvalue weighted by Crippen LogP contribution is -2.61. The highest BCUT2D eigenvalue weighted by Gasteiger charge is 2.53. The Bertz CT molecular complexity index is 1400. The van der Waals surface area contributed by atoms with Gasteiger partial charge in [0.2, 0.25) is 5.91 Å². The predicted molar refractivity (Wildman–Crippen MR) is 160 cm³/mol. The largest absolute Gasteiger partial charge is 0.506 e. The van der Waals surface area contributed by atoms with E-state index < -0.39 is 0 Å². The Hall–Kier alpha value is -3.28. The van der Waals surface area contributed by atoms with Crippen LogP contribution in [0.5, 0.6) is 5.75 Å². The lowest BCUT2D eigenvalue weighted by Gasteiger charge is -2.47. The van der Waals surface area contributed by atoms with Crippen LogP contribution >= 0.6 is 15.9 Å². The number of rotatable bonds is 4. The van der Waals surface area contributed by atoms with Crippen LogP contribution in [0.2, 0.25) is 0 Å². The number of phenolic OH excluding ortho intramolecular Hbond substituents is 1. The van der Waals surface area contributed by atoms with E-state index in [4.69, 9.17) is 4.74 Å². The van der Waals surface area contributed by atoms with E-state index in [1.54, 1.807) is 4.90 Å². The molecular weight excluding hydrogens is 588 g/mol. The fraction of sp³-hybridized carbons (Fsp3) is 0.467. The maximum atomic E-state index is 14.2. The molecule has 0 radical (unpaired) electrons. The van der Waals surface area contributed by atoms with E-state index in [-0.39, 0.29) is 41.8 Å². The van der Waals surface area contributed by atoms with Gasteiger partial charge >= 0.3 is 0 Å². The van der Waals surface area contributed by atoms with Gasteiger partial charge in [-0.05, 0) is 77.0 Å². The predicted octanol–water partition coefficient (Wildman–Crippen LogP) is 3.81. The van der Waals surface area contributed by atoms with Crippen LogP contribution in [0, 0.1) is 5.92 Å². The van der Waals surface area contributed by atoms with Gasteiger partial charge in [0.05, 0.1) is 48.0 Å². The van der Waals surface area contributed by atoms with Crippen molar-refractivity contribution >= 4 is 44.8 Å². The number of anilines is 3. The van der Waals surface area contributed by atoms with Gasteiger partial charge in [-0.15, -0.1) is 0 Å². The third-order valence-electron chi connectivity index (χ3n) is 9.47. The Balaban J connectivity index is 1.24. The first kappa shape index (κ1) is 26.6. The van der Waals surface area contributed by atoms with Crippen LogP contribution in [0.4, 0.5) is 17.1 Å². The zero-order chi connectivity index (χ0) is 28.2. The van der Waals surface area contributed by atoms with Gasteiger partial charge in [-0.2, -0.15) is 0 Å². The zero-order valence-electron chi connectivity index (χ0n) is 22.8. The maximum Gasteiger partial charge on any atom is 0.256 e. The molecule has 4 N–H and O–H groups in total. The van der Waals surface area contributed by atoms with E-state index in [1.807, 2.05) is 34.2 Å². The van der Waals surface area contributed by atoms with Gasteiger partial charge in [-0.3, -0.25) is 14.6 Å². The molecule has 4 aliphatic heterocycles. The first-order valence-electron chi connectivity index (χ1n) is 14.5. The van der Waals surface area contributed by atoms with Crippen molar-refractivity contribution in [3.05, 3.63) is 58.6 Å². The zero-order valence-corrected chi connectivity index (χ0v) is 24.4. The van der Waals surface area contributed by atoms with Gasteiger partial charge in [0.15, 0.2) is 0 Å². The average molecular weight is 624 g/mol. The summed E-state index contributed by atoms with van der Waals surface area (Å²) >= 11 is 3.58. The lowest BCUT2D eigenvalue weighted by atomic mass is 9.80. The van der Waals surface area contributed by atoms with Crippen LogP contribution < -0.4 is 21.1 Å². The molecule has 2 aromatic rings.